The quantitative estimate of drug-likeness (QED) is 0.611. The van der Waals surface area contributed by atoms with Gasteiger partial charge in [0.25, 0.3) is 0 Å². The van der Waals surface area contributed by atoms with E-state index < -0.39 is 0 Å². The van der Waals surface area contributed by atoms with Crippen LogP contribution in [0.15, 0.2) is 0 Å². The third kappa shape index (κ3) is 3.30. The number of nitrogens with zero attached hydrogens (tertiary/aromatic N) is 1. The predicted octanol–water partition coefficient (Wildman–Crippen LogP) is 3.15. The van der Waals surface area contributed by atoms with Crippen molar-refractivity contribution in [2.24, 2.45) is 11.3 Å². The minimum Gasteiger partial charge on any atom is -0.309 e. The zero-order valence-electron chi connectivity index (χ0n) is 9.77. The highest BCUT2D eigenvalue weighted by atomic mass is 15.1. The molecule has 0 spiro atoms. The van der Waals surface area contributed by atoms with E-state index in [1.165, 1.54) is 38.6 Å². The molecular weight excluding hydrogens is 158 g/mol. The molecule has 0 aromatic carbocycles. The Kier molecular flexibility index (Phi) is 3.78. The molecule has 1 rings (SSSR count). The molecule has 1 fully saturated rings. The van der Waals surface area contributed by atoms with Gasteiger partial charge in [-0.15, -0.1) is 0 Å². The van der Waals surface area contributed by atoms with Crippen LogP contribution in [0.25, 0.3) is 0 Å². The van der Waals surface area contributed by atoms with Gasteiger partial charge in [0.05, 0.1) is 0 Å². The van der Waals surface area contributed by atoms with Crippen LogP contribution in [0.4, 0.5) is 0 Å². The molecule has 1 heteroatoms. The largest absolute Gasteiger partial charge is 0.309 e. The molecule has 78 valence electrons. The third-order valence-corrected chi connectivity index (χ3v) is 3.57. The van der Waals surface area contributed by atoms with Gasteiger partial charge in [-0.1, -0.05) is 26.7 Å². The zero-order chi connectivity index (χ0) is 9.90. The number of hydrogen-bond acceptors (Lipinski definition) is 1. The molecule has 13 heavy (non-hydrogen) atoms. The summed E-state index contributed by atoms with van der Waals surface area (Å²) in [4.78, 5) is 2.36. The van der Waals surface area contributed by atoms with E-state index in [9.17, 15) is 0 Å². The normalized spacial score (nSPS) is 18.2. The maximum atomic E-state index is 2.36. The topological polar surface area (TPSA) is 3.24 Å². The highest BCUT2D eigenvalue weighted by molar-refractivity contribution is 4.86. The highest BCUT2D eigenvalue weighted by Crippen LogP contribution is 2.44. The lowest BCUT2D eigenvalue weighted by Crippen LogP contribution is -2.33. The zero-order valence-corrected chi connectivity index (χ0v) is 9.77. The molecule has 0 aromatic rings. The smallest absolute Gasteiger partial charge is 0.00318 e. The summed E-state index contributed by atoms with van der Waals surface area (Å²) < 4.78 is 0. The van der Waals surface area contributed by atoms with E-state index in [0.717, 1.165) is 5.92 Å². The maximum absolute atomic E-state index is 2.36. The standard InChI is InChI=1S/C12H25N/c1-5-12(6-2,10-13(3)4)9-11-7-8-11/h11H,5-10H2,1-4H3. The molecule has 0 radical (unpaired) electrons. The summed E-state index contributed by atoms with van der Waals surface area (Å²) in [6, 6.07) is 0. The van der Waals surface area contributed by atoms with Crippen LogP contribution >= 0.6 is 0 Å². The lowest BCUT2D eigenvalue weighted by molar-refractivity contribution is 0.157. The molecular formula is C12H25N. The molecule has 0 aromatic heterocycles. The average molecular weight is 183 g/mol. The molecule has 0 aliphatic heterocycles. The summed E-state index contributed by atoms with van der Waals surface area (Å²) in [5.41, 5.74) is 0.616. The number of hydrogen-bond donors (Lipinski definition) is 0. The lowest BCUT2D eigenvalue weighted by atomic mass is 9.77. The fourth-order valence-electron chi connectivity index (χ4n) is 2.43. The molecule has 0 N–H and O–H groups in total. The van der Waals surface area contributed by atoms with Crippen LogP contribution in [0.3, 0.4) is 0 Å². The molecule has 0 unspecified atom stereocenters. The Hall–Kier alpha value is -0.0400. The van der Waals surface area contributed by atoms with Crippen molar-refractivity contribution in [1.82, 2.24) is 4.90 Å². The van der Waals surface area contributed by atoms with E-state index >= 15 is 0 Å². The van der Waals surface area contributed by atoms with Crippen molar-refractivity contribution in [3.63, 3.8) is 0 Å². The Morgan fingerprint density at radius 1 is 1.15 bits per heavy atom. The maximum Gasteiger partial charge on any atom is 0.00318 e. The Balaban J connectivity index is 2.48. The second-order valence-electron chi connectivity index (χ2n) is 5.09. The first-order valence-corrected chi connectivity index (χ1v) is 5.76. The summed E-state index contributed by atoms with van der Waals surface area (Å²) in [6.45, 7) is 5.99. The number of rotatable bonds is 6. The summed E-state index contributed by atoms with van der Waals surface area (Å²) in [6.07, 6.45) is 7.15. The second-order valence-corrected chi connectivity index (χ2v) is 5.09. The van der Waals surface area contributed by atoms with Gasteiger partial charge in [-0.2, -0.15) is 0 Å². The van der Waals surface area contributed by atoms with Crippen LogP contribution in [0.5, 0.6) is 0 Å². The van der Waals surface area contributed by atoms with Gasteiger partial charge in [0.1, 0.15) is 0 Å². The van der Waals surface area contributed by atoms with Crippen LogP contribution in [0.1, 0.15) is 46.0 Å². The fraction of sp³-hybridized carbons (Fsp3) is 1.00. The minimum absolute atomic E-state index is 0.616. The van der Waals surface area contributed by atoms with Gasteiger partial charge in [-0.05, 0) is 44.7 Å². The van der Waals surface area contributed by atoms with Crippen molar-refractivity contribution in [1.29, 1.82) is 0 Å². The van der Waals surface area contributed by atoms with E-state index in [2.05, 4.69) is 32.8 Å². The molecule has 1 aliphatic carbocycles. The van der Waals surface area contributed by atoms with Crippen molar-refractivity contribution in [3.8, 4) is 0 Å². The summed E-state index contributed by atoms with van der Waals surface area (Å²) in [7, 11) is 4.40. The molecule has 1 nitrogen and oxygen atoms in total. The van der Waals surface area contributed by atoms with E-state index in [0.29, 0.717) is 5.41 Å². The second kappa shape index (κ2) is 4.45. The van der Waals surface area contributed by atoms with Gasteiger partial charge >= 0.3 is 0 Å². The fourth-order valence-corrected chi connectivity index (χ4v) is 2.43. The van der Waals surface area contributed by atoms with Gasteiger partial charge in [0.15, 0.2) is 0 Å². The Morgan fingerprint density at radius 2 is 1.69 bits per heavy atom. The molecule has 0 atom stereocenters. The molecule has 0 heterocycles. The highest BCUT2D eigenvalue weighted by Gasteiger charge is 2.34. The molecule has 1 aliphatic rings. The first kappa shape index (κ1) is 11.0. The Labute approximate surface area is 83.5 Å². The molecule has 0 saturated heterocycles. The van der Waals surface area contributed by atoms with Crippen LogP contribution in [0, 0.1) is 11.3 Å². The lowest BCUT2D eigenvalue weighted by Gasteiger charge is -2.34. The van der Waals surface area contributed by atoms with Crippen LogP contribution in [-0.4, -0.2) is 25.5 Å². The molecule has 0 bridgehead atoms. The third-order valence-electron chi connectivity index (χ3n) is 3.57. The van der Waals surface area contributed by atoms with Crippen LogP contribution in [0.2, 0.25) is 0 Å². The van der Waals surface area contributed by atoms with E-state index in [1.54, 1.807) is 0 Å². The van der Waals surface area contributed by atoms with Gasteiger partial charge in [0, 0.05) is 6.54 Å². The van der Waals surface area contributed by atoms with Crippen molar-refractivity contribution in [2.45, 2.75) is 46.0 Å². The first-order chi connectivity index (χ1) is 6.12. The predicted molar refractivity (Wildman–Crippen MR) is 58.9 cm³/mol. The van der Waals surface area contributed by atoms with Crippen molar-refractivity contribution in [3.05, 3.63) is 0 Å². The monoisotopic (exact) mass is 183 g/mol. The van der Waals surface area contributed by atoms with E-state index in [1.807, 2.05) is 0 Å². The van der Waals surface area contributed by atoms with Gasteiger partial charge in [-0.3, -0.25) is 0 Å². The summed E-state index contributed by atoms with van der Waals surface area (Å²) in [5.74, 6) is 1.07. The van der Waals surface area contributed by atoms with Gasteiger partial charge in [0.2, 0.25) is 0 Å². The Bertz CT molecular complexity index is 137. The van der Waals surface area contributed by atoms with Crippen molar-refractivity contribution < 1.29 is 0 Å². The molecule has 1 saturated carbocycles. The minimum atomic E-state index is 0.616. The molecule has 0 amide bonds. The SMILES string of the molecule is CCC(CC)(CC1CC1)CN(C)C. The van der Waals surface area contributed by atoms with Crippen LogP contribution < -0.4 is 0 Å². The average Bonchev–Trinajstić information content (AvgIpc) is 2.86. The summed E-state index contributed by atoms with van der Waals surface area (Å²) in [5, 5.41) is 0. The van der Waals surface area contributed by atoms with Gasteiger partial charge in [-0.25, -0.2) is 0 Å². The van der Waals surface area contributed by atoms with E-state index in [4.69, 9.17) is 0 Å². The first-order valence-electron chi connectivity index (χ1n) is 5.76. The van der Waals surface area contributed by atoms with Crippen molar-refractivity contribution >= 4 is 0 Å². The summed E-state index contributed by atoms with van der Waals surface area (Å²) >= 11 is 0. The Morgan fingerprint density at radius 3 is 2.00 bits per heavy atom. The van der Waals surface area contributed by atoms with E-state index in [-0.39, 0.29) is 0 Å². The van der Waals surface area contributed by atoms with Crippen molar-refractivity contribution in [2.75, 3.05) is 20.6 Å². The van der Waals surface area contributed by atoms with Gasteiger partial charge < -0.3 is 4.90 Å². The van der Waals surface area contributed by atoms with Crippen LogP contribution in [-0.2, 0) is 0 Å².